The zero-order chi connectivity index (χ0) is 30.2. The first kappa shape index (κ1) is 29.7. The Kier molecular flexibility index (Phi) is 8.26. The van der Waals surface area contributed by atoms with Crippen LogP contribution in [-0.4, -0.2) is 26.9 Å². The Morgan fingerprint density at radius 2 is 1.72 bits per heavy atom. The van der Waals surface area contributed by atoms with Crippen LogP contribution in [0.2, 0.25) is 0 Å². The van der Waals surface area contributed by atoms with Crippen molar-refractivity contribution >= 4 is 21.6 Å². The molecule has 0 saturated heterocycles. The van der Waals surface area contributed by atoms with Gasteiger partial charge in [-0.05, 0) is 104 Å². The Morgan fingerprint density at radius 1 is 0.907 bits per heavy atom. The van der Waals surface area contributed by atoms with Gasteiger partial charge in [-0.25, -0.2) is 8.42 Å². The van der Waals surface area contributed by atoms with E-state index in [2.05, 4.69) is 28.8 Å². The Morgan fingerprint density at radius 3 is 2.51 bits per heavy atom. The van der Waals surface area contributed by atoms with Crippen LogP contribution in [0, 0.1) is 5.92 Å². The standard InChI is InChI=1S/C33H36F3N3O3S/c34-33(35,36)26-7-4-8-28(18-26)43(41,42)39-27(15-14-24-5-1-2-10-31(24)39)19-32(40)38-30-9-3-6-25-17-23(13-16-29(25)30)21-37-20-22-11-12-22/h1-2,4-5,7-8,10,13,16-18,22,27,30,37H,3,6,9,11-12,14-15,19-21H2,(H,38,40)/t27-,30-/m1/s1. The van der Waals surface area contributed by atoms with Gasteiger partial charge in [-0.15, -0.1) is 0 Å². The van der Waals surface area contributed by atoms with E-state index in [-0.39, 0.29) is 18.4 Å². The second kappa shape index (κ2) is 12.0. The number of amides is 1. The molecule has 43 heavy (non-hydrogen) atoms. The number of hydrogen-bond donors (Lipinski definition) is 2. The van der Waals surface area contributed by atoms with Gasteiger partial charge in [0.2, 0.25) is 5.91 Å². The van der Waals surface area contributed by atoms with Gasteiger partial charge in [-0.3, -0.25) is 9.10 Å². The van der Waals surface area contributed by atoms with Gasteiger partial charge in [0.1, 0.15) is 0 Å². The molecule has 1 aliphatic heterocycles. The lowest BCUT2D eigenvalue weighted by atomic mass is 9.86. The van der Waals surface area contributed by atoms with Crippen molar-refractivity contribution in [3.05, 3.63) is 94.5 Å². The number of anilines is 1. The lowest BCUT2D eigenvalue weighted by molar-refractivity contribution is -0.137. The van der Waals surface area contributed by atoms with Crippen molar-refractivity contribution in [3.63, 3.8) is 0 Å². The molecule has 0 spiro atoms. The summed E-state index contributed by atoms with van der Waals surface area (Å²) < 4.78 is 69.4. The molecular weight excluding hydrogens is 575 g/mol. The van der Waals surface area contributed by atoms with Crippen LogP contribution in [0.3, 0.4) is 0 Å². The number of alkyl halides is 3. The van der Waals surface area contributed by atoms with Gasteiger partial charge >= 0.3 is 6.18 Å². The van der Waals surface area contributed by atoms with Crippen LogP contribution >= 0.6 is 0 Å². The smallest absolute Gasteiger partial charge is 0.349 e. The molecule has 0 aromatic heterocycles. The van der Waals surface area contributed by atoms with Gasteiger partial charge in [0.15, 0.2) is 0 Å². The summed E-state index contributed by atoms with van der Waals surface area (Å²) in [6.07, 6.45) is 1.44. The average molecular weight is 612 g/mol. The molecular formula is C33H36F3N3O3S. The van der Waals surface area contributed by atoms with Gasteiger partial charge in [0.05, 0.1) is 28.2 Å². The van der Waals surface area contributed by atoms with Gasteiger partial charge in [0.25, 0.3) is 10.0 Å². The van der Waals surface area contributed by atoms with Crippen LogP contribution in [0.15, 0.2) is 71.6 Å². The third kappa shape index (κ3) is 6.60. The average Bonchev–Trinajstić information content (AvgIpc) is 3.81. The highest BCUT2D eigenvalue weighted by Gasteiger charge is 2.39. The first-order chi connectivity index (χ1) is 20.6. The number of hydrogen-bond acceptors (Lipinski definition) is 4. The molecule has 0 unspecified atom stereocenters. The maximum atomic E-state index is 13.9. The zero-order valence-corrected chi connectivity index (χ0v) is 24.7. The van der Waals surface area contributed by atoms with Crippen molar-refractivity contribution < 1.29 is 26.4 Å². The number of halogens is 3. The Balaban J connectivity index is 1.21. The zero-order valence-electron chi connectivity index (χ0n) is 23.9. The highest BCUT2D eigenvalue weighted by Crippen LogP contribution is 2.38. The van der Waals surface area contributed by atoms with E-state index in [0.29, 0.717) is 24.6 Å². The summed E-state index contributed by atoms with van der Waals surface area (Å²) >= 11 is 0. The molecule has 0 radical (unpaired) electrons. The molecule has 1 amide bonds. The van der Waals surface area contributed by atoms with Crippen LogP contribution in [0.5, 0.6) is 0 Å². The van der Waals surface area contributed by atoms with Crippen molar-refractivity contribution in [2.45, 2.75) is 81.1 Å². The molecule has 3 aromatic rings. The first-order valence-corrected chi connectivity index (χ1v) is 16.4. The van der Waals surface area contributed by atoms with E-state index in [1.165, 1.54) is 30.0 Å². The van der Waals surface area contributed by atoms with Gasteiger partial charge in [-0.2, -0.15) is 13.2 Å². The van der Waals surface area contributed by atoms with E-state index in [4.69, 9.17) is 0 Å². The summed E-state index contributed by atoms with van der Waals surface area (Å²) in [5.41, 5.74) is 3.68. The lowest BCUT2D eigenvalue weighted by Crippen LogP contribution is -2.46. The molecule has 1 heterocycles. The van der Waals surface area contributed by atoms with Crippen LogP contribution in [0.25, 0.3) is 0 Å². The van der Waals surface area contributed by atoms with Gasteiger partial charge < -0.3 is 10.6 Å². The number of nitrogens with zero attached hydrogens (tertiary/aromatic N) is 1. The number of aryl methyl sites for hydroxylation is 2. The quantitative estimate of drug-likeness (QED) is 0.298. The fourth-order valence-electron chi connectivity index (χ4n) is 6.37. The minimum Gasteiger partial charge on any atom is -0.349 e. The Bertz CT molecular complexity index is 1600. The van der Waals surface area contributed by atoms with E-state index in [1.807, 2.05) is 6.07 Å². The van der Waals surface area contributed by atoms with E-state index in [0.717, 1.165) is 65.8 Å². The molecule has 2 N–H and O–H groups in total. The summed E-state index contributed by atoms with van der Waals surface area (Å²) in [7, 11) is -4.40. The molecule has 0 bridgehead atoms. The monoisotopic (exact) mass is 611 g/mol. The topological polar surface area (TPSA) is 78.5 Å². The Hall–Kier alpha value is -3.37. The summed E-state index contributed by atoms with van der Waals surface area (Å²) in [4.78, 5) is 13.0. The maximum Gasteiger partial charge on any atom is 0.416 e. The second-order valence-electron chi connectivity index (χ2n) is 12.0. The SMILES string of the molecule is O=C(C[C@H]1CCc2ccccc2N1S(=O)(=O)c1cccc(C(F)(F)F)c1)N[C@@H]1CCCc2cc(CNCC3CC3)ccc21. The molecule has 2 aliphatic carbocycles. The van der Waals surface area contributed by atoms with Crippen molar-refractivity contribution in [3.8, 4) is 0 Å². The molecule has 1 saturated carbocycles. The van der Waals surface area contributed by atoms with E-state index in [1.54, 1.807) is 18.2 Å². The molecule has 6 rings (SSSR count). The summed E-state index contributed by atoms with van der Waals surface area (Å²) in [5.74, 6) is 0.535. The van der Waals surface area contributed by atoms with Crippen LogP contribution in [0.4, 0.5) is 18.9 Å². The van der Waals surface area contributed by atoms with Crippen molar-refractivity contribution in [2.24, 2.45) is 5.92 Å². The number of fused-ring (bicyclic) bond motifs is 2. The first-order valence-electron chi connectivity index (χ1n) is 15.0. The molecule has 2 atom stereocenters. The fraction of sp³-hybridized carbons (Fsp3) is 0.424. The fourth-order valence-corrected chi connectivity index (χ4v) is 8.13. The molecule has 3 aliphatic rings. The second-order valence-corrected chi connectivity index (χ2v) is 13.8. The summed E-state index contributed by atoms with van der Waals surface area (Å²) in [5, 5.41) is 6.67. The van der Waals surface area contributed by atoms with Crippen molar-refractivity contribution in [2.75, 3.05) is 10.8 Å². The molecule has 3 aromatic carbocycles. The number of nitrogens with one attached hydrogen (secondary N) is 2. The number of sulfonamides is 1. The van der Waals surface area contributed by atoms with E-state index in [9.17, 15) is 26.4 Å². The predicted molar refractivity (Wildman–Crippen MR) is 159 cm³/mol. The number of para-hydroxylation sites is 1. The van der Waals surface area contributed by atoms with Crippen molar-refractivity contribution in [1.29, 1.82) is 0 Å². The highest BCUT2D eigenvalue weighted by atomic mass is 32.2. The molecule has 228 valence electrons. The van der Waals surface area contributed by atoms with Crippen LogP contribution in [-0.2, 0) is 40.4 Å². The molecule has 10 heteroatoms. The largest absolute Gasteiger partial charge is 0.416 e. The normalized spacial score (nSPS) is 20.3. The number of benzene rings is 3. The van der Waals surface area contributed by atoms with Gasteiger partial charge in [-0.1, -0.05) is 42.5 Å². The third-order valence-corrected chi connectivity index (χ3v) is 10.6. The van der Waals surface area contributed by atoms with Crippen molar-refractivity contribution in [1.82, 2.24) is 10.6 Å². The Labute approximate surface area is 250 Å². The summed E-state index contributed by atoms with van der Waals surface area (Å²) in [6.45, 7) is 1.86. The van der Waals surface area contributed by atoms with Gasteiger partial charge in [0, 0.05) is 13.0 Å². The molecule has 6 nitrogen and oxygen atoms in total. The summed E-state index contributed by atoms with van der Waals surface area (Å²) in [6, 6.07) is 16.3. The van der Waals surface area contributed by atoms with Crippen LogP contribution in [0.1, 0.15) is 72.4 Å². The minimum absolute atomic E-state index is 0.0957. The van der Waals surface area contributed by atoms with E-state index < -0.39 is 32.7 Å². The number of carbonyl (C=O) groups is 1. The number of carbonyl (C=O) groups excluding carboxylic acids is 1. The van der Waals surface area contributed by atoms with Crippen LogP contribution < -0.4 is 14.9 Å². The minimum atomic E-state index is -4.69. The van der Waals surface area contributed by atoms with E-state index >= 15 is 0 Å². The lowest BCUT2D eigenvalue weighted by Gasteiger charge is -2.38. The third-order valence-electron chi connectivity index (χ3n) is 8.76. The predicted octanol–water partition coefficient (Wildman–Crippen LogP) is 6.30. The number of rotatable bonds is 9. The maximum absolute atomic E-state index is 13.9. The highest BCUT2D eigenvalue weighted by molar-refractivity contribution is 7.92. The molecule has 1 fully saturated rings.